The Morgan fingerprint density at radius 2 is 1.64 bits per heavy atom. The van der Waals surface area contributed by atoms with Crippen LogP contribution >= 0.6 is 0 Å². The van der Waals surface area contributed by atoms with Gasteiger partial charge in [-0.2, -0.15) is 0 Å². The summed E-state index contributed by atoms with van der Waals surface area (Å²) >= 11 is 0. The number of carbonyl (C=O) groups is 2. The Labute approximate surface area is 132 Å². The van der Waals surface area contributed by atoms with E-state index >= 15 is 0 Å². The molecule has 0 saturated carbocycles. The Bertz CT molecular complexity index is 481. The molecule has 5 heteroatoms. The largest absolute Gasteiger partial charge is 0.497 e. The molecule has 0 heterocycles. The second-order valence-electron chi connectivity index (χ2n) is 5.10. The van der Waals surface area contributed by atoms with Gasteiger partial charge in [0.25, 0.3) is 0 Å². The molecule has 122 valence electrons. The SMILES string of the molecule is CCN(CC)C(=O)CCN(Cc1ccc(OC)cc1)C(C)=O. The summed E-state index contributed by atoms with van der Waals surface area (Å²) in [5.74, 6) is 0.851. The molecule has 1 aromatic rings. The van der Waals surface area contributed by atoms with Gasteiger partial charge in [-0.25, -0.2) is 0 Å². The second-order valence-corrected chi connectivity index (χ2v) is 5.10. The Morgan fingerprint density at radius 1 is 1.05 bits per heavy atom. The van der Waals surface area contributed by atoms with Crippen molar-refractivity contribution in [3.63, 3.8) is 0 Å². The maximum atomic E-state index is 12.0. The Kier molecular flexibility index (Phi) is 7.43. The first-order chi connectivity index (χ1) is 10.5. The molecular formula is C17H26N2O3. The number of methoxy groups -OCH3 is 1. The number of carbonyl (C=O) groups excluding carboxylic acids is 2. The molecule has 0 unspecified atom stereocenters. The van der Waals surface area contributed by atoms with Crippen LogP contribution in [0.2, 0.25) is 0 Å². The maximum absolute atomic E-state index is 12.0. The fourth-order valence-corrected chi connectivity index (χ4v) is 2.26. The molecule has 22 heavy (non-hydrogen) atoms. The molecule has 0 spiro atoms. The van der Waals surface area contributed by atoms with E-state index in [1.54, 1.807) is 16.9 Å². The minimum atomic E-state index is -0.0248. The van der Waals surface area contributed by atoms with E-state index in [0.717, 1.165) is 11.3 Å². The van der Waals surface area contributed by atoms with Crippen molar-refractivity contribution < 1.29 is 14.3 Å². The molecule has 0 aliphatic heterocycles. The number of ether oxygens (including phenoxy) is 1. The van der Waals surface area contributed by atoms with Gasteiger partial charge in [-0.1, -0.05) is 12.1 Å². The fourth-order valence-electron chi connectivity index (χ4n) is 2.26. The molecule has 0 saturated heterocycles. The second kappa shape index (κ2) is 9.07. The third-order valence-electron chi connectivity index (χ3n) is 3.69. The number of nitrogens with zero attached hydrogens (tertiary/aromatic N) is 2. The van der Waals surface area contributed by atoms with Crippen LogP contribution in [0, 0.1) is 0 Å². The summed E-state index contributed by atoms with van der Waals surface area (Å²) in [6, 6.07) is 7.60. The maximum Gasteiger partial charge on any atom is 0.224 e. The molecule has 0 aliphatic carbocycles. The minimum Gasteiger partial charge on any atom is -0.497 e. The lowest BCUT2D eigenvalue weighted by molar-refractivity contribution is -0.133. The Morgan fingerprint density at radius 3 is 2.09 bits per heavy atom. The lowest BCUT2D eigenvalue weighted by Crippen LogP contribution is -2.35. The molecule has 1 aromatic carbocycles. The van der Waals surface area contributed by atoms with Crippen LogP contribution in [-0.4, -0.2) is 48.4 Å². The standard InChI is InChI=1S/C17H26N2O3/c1-5-18(6-2)17(21)11-12-19(14(3)20)13-15-7-9-16(22-4)10-8-15/h7-10H,5-6,11-13H2,1-4H3. The molecule has 0 aromatic heterocycles. The van der Waals surface area contributed by atoms with E-state index in [1.807, 2.05) is 38.1 Å². The quantitative estimate of drug-likeness (QED) is 0.740. The zero-order valence-electron chi connectivity index (χ0n) is 14.0. The summed E-state index contributed by atoms with van der Waals surface area (Å²) in [5.41, 5.74) is 1.02. The van der Waals surface area contributed by atoms with Crippen LogP contribution in [0.25, 0.3) is 0 Å². The van der Waals surface area contributed by atoms with Gasteiger partial charge in [-0.05, 0) is 31.5 Å². The molecule has 0 N–H and O–H groups in total. The molecule has 1 rings (SSSR count). The third kappa shape index (κ3) is 5.39. The van der Waals surface area contributed by atoms with Crippen molar-refractivity contribution >= 4 is 11.8 Å². The van der Waals surface area contributed by atoms with Gasteiger partial charge in [0.05, 0.1) is 7.11 Å². The highest BCUT2D eigenvalue weighted by molar-refractivity contribution is 5.78. The lowest BCUT2D eigenvalue weighted by Gasteiger charge is -2.24. The van der Waals surface area contributed by atoms with Crippen LogP contribution in [0.5, 0.6) is 5.75 Å². The topological polar surface area (TPSA) is 49.9 Å². The van der Waals surface area contributed by atoms with Crippen molar-refractivity contribution in [1.29, 1.82) is 0 Å². The van der Waals surface area contributed by atoms with Crippen LogP contribution in [0.15, 0.2) is 24.3 Å². The van der Waals surface area contributed by atoms with Gasteiger partial charge >= 0.3 is 0 Å². The van der Waals surface area contributed by atoms with E-state index in [9.17, 15) is 9.59 Å². The van der Waals surface area contributed by atoms with E-state index < -0.39 is 0 Å². The van der Waals surface area contributed by atoms with Crippen molar-refractivity contribution in [2.24, 2.45) is 0 Å². The Hall–Kier alpha value is -2.04. The number of benzene rings is 1. The first kappa shape index (κ1) is 18.0. The van der Waals surface area contributed by atoms with Crippen LogP contribution in [0.4, 0.5) is 0 Å². The van der Waals surface area contributed by atoms with Crippen LogP contribution in [0.3, 0.4) is 0 Å². The van der Waals surface area contributed by atoms with E-state index in [4.69, 9.17) is 4.74 Å². The predicted molar refractivity (Wildman–Crippen MR) is 86.6 cm³/mol. The smallest absolute Gasteiger partial charge is 0.224 e. The summed E-state index contributed by atoms with van der Waals surface area (Å²) in [6.45, 7) is 7.80. The normalized spacial score (nSPS) is 10.2. The van der Waals surface area contributed by atoms with Crippen molar-refractivity contribution in [2.75, 3.05) is 26.7 Å². The highest BCUT2D eigenvalue weighted by atomic mass is 16.5. The average molecular weight is 306 g/mol. The summed E-state index contributed by atoms with van der Waals surface area (Å²) < 4.78 is 5.12. The van der Waals surface area contributed by atoms with Gasteiger partial charge in [-0.3, -0.25) is 9.59 Å². The summed E-state index contributed by atoms with van der Waals surface area (Å²) in [7, 11) is 1.62. The van der Waals surface area contributed by atoms with Crippen LogP contribution in [-0.2, 0) is 16.1 Å². The highest BCUT2D eigenvalue weighted by Gasteiger charge is 2.14. The average Bonchev–Trinajstić information content (AvgIpc) is 2.52. The molecule has 5 nitrogen and oxygen atoms in total. The van der Waals surface area contributed by atoms with Gasteiger partial charge in [0, 0.05) is 39.5 Å². The van der Waals surface area contributed by atoms with Crippen molar-refractivity contribution in [2.45, 2.75) is 33.7 Å². The van der Waals surface area contributed by atoms with E-state index in [0.29, 0.717) is 32.6 Å². The first-order valence-corrected chi connectivity index (χ1v) is 7.68. The first-order valence-electron chi connectivity index (χ1n) is 7.68. The Balaban J connectivity index is 2.61. The zero-order valence-corrected chi connectivity index (χ0v) is 14.0. The number of rotatable bonds is 8. The van der Waals surface area contributed by atoms with Crippen LogP contribution in [0.1, 0.15) is 32.8 Å². The van der Waals surface area contributed by atoms with Gasteiger partial charge < -0.3 is 14.5 Å². The number of hydrogen-bond acceptors (Lipinski definition) is 3. The lowest BCUT2D eigenvalue weighted by atomic mass is 10.2. The summed E-state index contributed by atoms with van der Waals surface area (Å²) in [4.78, 5) is 27.3. The molecule has 0 radical (unpaired) electrons. The number of amides is 2. The van der Waals surface area contributed by atoms with E-state index in [2.05, 4.69) is 0 Å². The summed E-state index contributed by atoms with van der Waals surface area (Å²) in [5, 5.41) is 0. The monoisotopic (exact) mass is 306 g/mol. The molecule has 0 atom stereocenters. The van der Waals surface area contributed by atoms with Gasteiger partial charge in [0.15, 0.2) is 0 Å². The number of hydrogen-bond donors (Lipinski definition) is 0. The van der Waals surface area contributed by atoms with Crippen molar-refractivity contribution in [3.8, 4) is 5.75 Å². The fraction of sp³-hybridized carbons (Fsp3) is 0.529. The van der Waals surface area contributed by atoms with Gasteiger partial charge in [0.2, 0.25) is 11.8 Å². The van der Waals surface area contributed by atoms with Gasteiger partial charge in [-0.15, -0.1) is 0 Å². The molecule has 0 aliphatic rings. The molecule has 0 fully saturated rings. The summed E-state index contributed by atoms with van der Waals surface area (Å²) in [6.07, 6.45) is 0.359. The highest BCUT2D eigenvalue weighted by Crippen LogP contribution is 2.13. The predicted octanol–water partition coefficient (Wildman–Crippen LogP) is 2.30. The van der Waals surface area contributed by atoms with E-state index in [1.165, 1.54) is 6.92 Å². The minimum absolute atomic E-state index is 0.0248. The van der Waals surface area contributed by atoms with Crippen LogP contribution < -0.4 is 4.74 Å². The molecule has 2 amide bonds. The van der Waals surface area contributed by atoms with Crippen molar-refractivity contribution in [1.82, 2.24) is 9.80 Å². The third-order valence-corrected chi connectivity index (χ3v) is 3.69. The molecular weight excluding hydrogens is 280 g/mol. The zero-order chi connectivity index (χ0) is 16.5. The van der Waals surface area contributed by atoms with Gasteiger partial charge in [0.1, 0.15) is 5.75 Å². The van der Waals surface area contributed by atoms with Crippen molar-refractivity contribution in [3.05, 3.63) is 29.8 Å². The molecule has 0 bridgehead atoms. The van der Waals surface area contributed by atoms with E-state index in [-0.39, 0.29) is 11.8 Å².